The number of halogens is 2. The average molecular weight is 567 g/mol. The molecule has 2 aromatic carbocycles. The second-order valence-corrected chi connectivity index (χ2v) is 9.16. The van der Waals surface area contributed by atoms with Crippen molar-refractivity contribution in [1.29, 1.82) is 0 Å². The van der Waals surface area contributed by atoms with Crippen LogP contribution in [0, 0.1) is 13.7 Å². The molecule has 0 atom stereocenters. The first-order chi connectivity index (χ1) is 14.8. The fraction of sp³-hybridized carbons (Fsp3) is 0.0476. The standard InChI is InChI=1S/C21H12ClIN2O5S/c22-17-9-14(25(28)29)5-7-16(17)18-8-6-15(30-18)10-19-20(26)24(21(27)31-19)11-12-1-3-13(23)4-2-12/h1-10H,11H2/b19-10-. The molecule has 31 heavy (non-hydrogen) atoms. The number of hydrogen-bond donors (Lipinski definition) is 0. The lowest BCUT2D eigenvalue weighted by Gasteiger charge is -2.12. The molecular weight excluding hydrogens is 555 g/mol. The minimum atomic E-state index is -0.532. The summed E-state index contributed by atoms with van der Waals surface area (Å²) < 4.78 is 6.80. The Morgan fingerprint density at radius 3 is 2.55 bits per heavy atom. The van der Waals surface area contributed by atoms with Crippen LogP contribution in [-0.2, 0) is 11.3 Å². The number of thioether (sulfide) groups is 1. The normalized spacial score (nSPS) is 15.2. The molecule has 0 N–H and O–H groups in total. The smallest absolute Gasteiger partial charge is 0.293 e. The van der Waals surface area contributed by atoms with E-state index in [0.29, 0.717) is 17.1 Å². The molecule has 1 saturated heterocycles. The maximum absolute atomic E-state index is 12.7. The van der Waals surface area contributed by atoms with Crippen LogP contribution in [0.25, 0.3) is 17.4 Å². The number of hydrogen-bond acceptors (Lipinski definition) is 6. The Hall–Kier alpha value is -2.63. The van der Waals surface area contributed by atoms with Gasteiger partial charge < -0.3 is 4.42 Å². The Morgan fingerprint density at radius 2 is 1.87 bits per heavy atom. The van der Waals surface area contributed by atoms with Crippen molar-refractivity contribution in [2.24, 2.45) is 0 Å². The van der Waals surface area contributed by atoms with Gasteiger partial charge in [-0.15, -0.1) is 0 Å². The van der Waals surface area contributed by atoms with Gasteiger partial charge in [-0.1, -0.05) is 23.7 Å². The summed E-state index contributed by atoms with van der Waals surface area (Å²) >= 11 is 9.18. The van der Waals surface area contributed by atoms with E-state index in [2.05, 4.69) is 22.6 Å². The van der Waals surface area contributed by atoms with Crippen molar-refractivity contribution in [2.75, 3.05) is 0 Å². The molecule has 2 amide bonds. The molecular formula is C21H12ClIN2O5S. The number of nitrogens with zero attached hydrogens (tertiary/aromatic N) is 2. The molecule has 3 aromatic rings. The van der Waals surface area contributed by atoms with E-state index in [1.165, 1.54) is 29.2 Å². The van der Waals surface area contributed by atoms with Gasteiger partial charge in [0.2, 0.25) is 0 Å². The fourth-order valence-electron chi connectivity index (χ4n) is 2.93. The van der Waals surface area contributed by atoms with Gasteiger partial charge >= 0.3 is 0 Å². The maximum atomic E-state index is 12.7. The number of nitro groups is 1. The fourth-order valence-corrected chi connectivity index (χ4v) is 4.38. The second kappa shape index (κ2) is 8.85. The molecule has 156 valence electrons. The lowest BCUT2D eigenvalue weighted by Crippen LogP contribution is -2.27. The van der Waals surface area contributed by atoms with Gasteiger partial charge in [-0.2, -0.15) is 0 Å². The van der Waals surface area contributed by atoms with Crippen LogP contribution >= 0.6 is 46.0 Å². The summed E-state index contributed by atoms with van der Waals surface area (Å²) in [6.45, 7) is 0.195. The third kappa shape index (κ3) is 4.68. The predicted octanol–water partition coefficient (Wildman–Crippen LogP) is 6.35. The molecule has 0 saturated carbocycles. The summed E-state index contributed by atoms with van der Waals surface area (Å²) in [5.41, 5.74) is 1.22. The Morgan fingerprint density at radius 1 is 1.13 bits per heavy atom. The Balaban J connectivity index is 1.54. The van der Waals surface area contributed by atoms with Gasteiger partial charge in [-0.25, -0.2) is 0 Å². The summed E-state index contributed by atoms with van der Waals surface area (Å²) in [5, 5.41) is 10.7. The summed E-state index contributed by atoms with van der Waals surface area (Å²) in [6.07, 6.45) is 1.50. The highest BCUT2D eigenvalue weighted by atomic mass is 127. The third-order valence-corrected chi connectivity index (χ3v) is 6.40. The molecule has 1 aliphatic heterocycles. The number of carbonyl (C=O) groups excluding carboxylic acids is 2. The molecule has 0 spiro atoms. The van der Waals surface area contributed by atoms with E-state index in [1.54, 1.807) is 12.1 Å². The zero-order valence-electron chi connectivity index (χ0n) is 15.6. The van der Waals surface area contributed by atoms with Gasteiger partial charge in [0.15, 0.2) is 0 Å². The van der Waals surface area contributed by atoms with E-state index in [4.69, 9.17) is 16.0 Å². The van der Waals surface area contributed by atoms with E-state index >= 15 is 0 Å². The van der Waals surface area contributed by atoms with Crippen molar-refractivity contribution < 1.29 is 18.9 Å². The molecule has 2 heterocycles. The second-order valence-electron chi connectivity index (χ2n) is 6.52. The zero-order chi connectivity index (χ0) is 22.1. The van der Waals surface area contributed by atoms with E-state index in [9.17, 15) is 19.7 Å². The molecule has 0 unspecified atom stereocenters. The molecule has 1 aliphatic rings. The number of amides is 2. The molecule has 0 radical (unpaired) electrons. The number of benzene rings is 2. The molecule has 4 rings (SSSR count). The molecule has 0 aliphatic carbocycles. The Labute approximate surface area is 199 Å². The maximum Gasteiger partial charge on any atom is 0.293 e. The third-order valence-electron chi connectivity index (χ3n) is 4.46. The number of carbonyl (C=O) groups is 2. The molecule has 1 fully saturated rings. The first kappa shape index (κ1) is 21.6. The highest BCUT2D eigenvalue weighted by Crippen LogP contribution is 2.36. The van der Waals surface area contributed by atoms with Crippen molar-refractivity contribution in [1.82, 2.24) is 4.90 Å². The Bertz CT molecular complexity index is 1240. The van der Waals surface area contributed by atoms with E-state index in [0.717, 1.165) is 20.9 Å². The first-order valence-corrected chi connectivity index (χ1v) is 11.1. The SMILES string of the molecule is O=C1S/C(=C\c2ccc(-c3ccc([N+](=O)[O-])cc3Cl)o2)C(=O)N1Cc1ccc(I)cc1. The highest BCUT2D eigenvalue weighted by molar-refractivity contribution is 14.1. The lowest BCUT2D eigenvalue weighted by atomic mass is 10.1. The van der Waals surface area contributed by atoms with Crippen LogP contribution in [0.1, 0.15) is 11.3 Å². The van der Waals surface area contributed by atoms with Gasteiger partial charge in [0.25, 0.3) is 16.8 Å². The number of furan rings is 1. The number of nitro benzene ring substituents is 1. The van der Waals surface area contributed by atoms with Crippen LogP contribution in [0.3, 0.4) is 0 Å². The lowest BCUT2D eigenvalue weighted by molar-refractivity contribution is -0.384. The molecule has 1 aromatic heterocycles. The topological polar surface area (TPSA) is 93.7 Å². The van der Waals surface area contributed by atoms with E-state index in [1.807, 2.05) is 24.3 Å². The zero-order valence-corrected chi connectivity index (χ0v) is 19.3. The summed E-state index contributed by atoms with van der Waals surface area (Å²) in [4.78, 5) is 36.8. The number of imide groups is 1. The quantitative estimate of drug-likeness (QED) is 0.155. The first-order valence-electron chi connectivity index (χ1n) is 8.86. The number of non-ortho nitro benzene ring substituents is 1. The van der Waals surface area contributed by atoms with Crippen molar-refractivity contribution >= 4 is 68.9 Å². The predicted molar refractivity (Wildman–Crippen MR) is 126 cm³/mol. The van der Waals surface area contributed by atoms with Gasteiger partial charge in [0.1, 0.15) is 11.5 Å². The van der Waals surface area contributed by atoms with Crippen molar-refractivity contribution in [3.8, 4) is 11.3 Å². The van der Waals surface area contributed by atoms with Crippen molar-refractivity contribution in [3.05, 3.63) is 89.5 Å². The van der Waals surface area contributed by atoms with Crippen LogP contribution in [0.4, 0.5) is 10.5 Å². The van der Waals surface area contributed by atoms with Crippen LogP contribution in [0.5, 0.6) is 0 Å². The van der Waals surface area contributed by atoms with E-state index < -0.39 is 4.92 Å². The van der Waals surface area contributed by atoms with Crippen molar-refractivity contribution in [3.63, 3.8) is 0 Å². The minimum Gasteiger partial charge on any atom is -0.457 e. The van der Waals surface area contributed by atoms with Gasteiger partial charge in [0.05, 0.1) is 21.4 Å². The molecule has 0 bridgehead atoms. The van der Waals surface area contributed by atoms with Crippen LogP contribution in [0.15, 0.2) is 63.9 Å². The molecule has 10 heteroatoms. The van der Waals surface area contributed by atoms with Gasteiger partial charge in [-0.3, -0.25) is 24.6 Å². The van der Waals surface area contributed by atoms with Crippen LogP contribution in [0.2, 0.25) is 5.02 Å². The largest absolute Gasteiger partial charge is 0.457 e. The summed E-state index contributed by atoms with van der Waals surface area (Å²) in [5.74, 6) is 0.369. The monoisotopic (exact) mass is 566 g/mol. The summed E-state index contributed by atoms with van der Waals surface area (Å²) in [7, 11) is 0. The summed E-state index contributed by atoms with van der Waals surface area (Å²) in [6, 6.07) is 14.9. The van der Waals surface area contributed by atoms with Crippen LogP contribution < -0.4 is 0 Å². The number of rotatable bonds is 5. The average Bonchev–Trinajstić information content (AvgIpc) is 3.29. The Kier molecular flexibility index (Phi) is 6.17. The van der Waals surface area contributed by atoms with Crippen LogP contribution in [-0.4, -0.2) is 21.0 Å². The highest BCUT2D eigenvalue weighted by Gasteiger charge is 2.35. The van der Waals surface area contributed by atoms with Crippen molar-refractivity contribution in [2.45, 2.75) is 6.54 Å². The van der Waals surface area contributed by atoms with Gasteiger partial charge in [0, 0.05) is 27.3 Å². The molecule has 7 nitrogen and oxygen atoms in total. The minimum absolute atomic E-state index is 0.123. The van der Waals surface area contributed by atoms with Gasteiger partial charge in [-0.05, 0) is 70.2 Å². The van der Waals surface area contributed by atoms with E-state index in [-0.39, 0.29) is 33.3 Å².